The molecule has 2 rings (SSSR count). The zero-order chi connectivity index (χ0) is 13.5. The van der Waals surface area contributed by atoms with E-state index >= 15 is 0 Å². The van der Waals surface area contributed by atoms with Crippen LogP contribution >= 0.6 is 0 Å². The number of hydrogen-bond acceptors (Lipinski definition) is 1. The Morgan fingerprint density at radius 2 is 1.95 bits per heavy atom. The number of nitrogens with zero attached hydrogens (tertiary/aromatic N) is 1. The Bertz CT molecular complexity index is 409. The molecule has 1 aromatic rings. The highest BCUT2D eigenvalue weighted by Gasteiger charge is 2.14. The monoisotopic (exact) mass is 260 g/mol. The van der Waals surface area contributed by atoms with Crippen molar-refractivity contribution in [2.45, 2.75) is 39.0 Å². The van der Waals surface area contributed by atoms with Crippen LogP contribution in [-0.4, -0.2) is 30.6 Å². The predicted molar refractivity (Wildman–Crippen MR) is 78.3 cm³/mol. The summed E-state index contributed by atoms with van der Waals surface area (Å²) < 4.78 is 0. The largest absolute Gasteiger partial charge is 0.338 e. The van der Waals surface area contributed by atoms with Crippen molar-refractivity contribution in [1.82, 2.24) is 10.2 Å². The molecule has 0 spiro atoms. The highest BCUT2D eigenvalue weighted by Crippen LogP contribution is 2.09. The van der Waals surface area contributed by atoms with Gasteiger partial charge in [-0.25, -0.2) is 4.79 Å². The third-order valence-corrected chi connectivity index (χ3v) is 3.67. The molecule has 0 radical (unpaired) electrons. The smallest absolute Gasteiger partial charge is 0.317 e. The molecule has 1 aliphatic rings. The van der Waals surface area contributed by atoms with Gasteiger partial charge in [-0.3, -0.25) is 0 Å². The molecule has 3 heteroatoms. The lowest BCUT2D eigenvalue weighted by atomic mass is 10.1. The van der Waals surface area contributed by atoms with Crippen LogP contribution in [0.3, 0.4) is 0 Å². The van der Waals surface area contributed by atoms with Crippen LogP contribution in [0.2, 0.25) is 0 Å². The molecule has 0 aromatic heterocycles. The van der Waals surface area contributed by atoms with Gasteiger partial charge >= 0.3 is 6.03 Å². The van der Waals surface area contributed by atoms with Crippen molar-refractivity contribution in [3.63, 3.8) is 0 Å². The number of nitrogens with one attached hydrogen (secondary N) is 1. The summed E-state index contributed by atoms with van der Waals surface area (Å²) in [6.45, 7) is 4.64. The van der Waals surface area contributed by atoms with Gasteiger partial charge in [0, 0.05) is 19.6 Å². The predicted octanol–water partition coefficient (Wildman–Crippen LogP) is 3.12. The Morgan fingerprint density at radius 1 is 1.21 bits per heavy atom. The van der Waals surface area contributed by atoms with E-state index in [2.05, 4.69) is 36.5 Å². The molecule has 0 aliphatic carbocycles. The SMILES string of the molecule is Cc1cccc(CCNC(=O)N2CCCCCC2)c1. The van der Waals surface area contributed by atoms with Crippen molar-refractivity contribution in [1.29, 1.82) is 0 Å². The number of likely N-dealkylation sites (tertiary alicyclic amines) is 1. The molecule has 1 N–H and O–H groups in total. The Hall–Kier alpha value is -1.51. The van der Waals surface area contributed by atoms with Crippen molar-refractivity contribution in [2.24, 2.45) is 0 Å². The second-order valence-electron chi connectivity index (χ2n) is 5.37. The van der Waals surface area contributed by atoms with E-state index in [9.17, 15) is 4.79 Å². The molecular formula is C16H24N2O. The third-order valence-electron chi connectivity index (χ3n) is 3.67. The molecule has 1 aliphatic heterocycles. The minimum Gasteiger partial charge on any atom is -0.338 e. The van der Waals surface area contributed by atoms with Crippen LogP contribution in [0.1, 0.15) is 36.8 Å². The van der Waals surface area contributed by atoms with Crippen LogP contribution in [0.4, 0.5) is 4.79 Å². The lowest BCUT2D eigenvalue weighted by molar-refractivity contribution is 0.200. The Morgan fingerprint density at radius 3 is 2.63 bits per heavy atom. The molecule has 1 saturated heterocycles. The number of amides is 2. The lowest BCUT2D eigenvalue weighted by Crippen LogP contribution is -2.41. The normalized spacial score (nSPS) is 15.9. The molecule has 1 aromatic carbocycles. The molecular weight excluding hydrogens is 236 g/mol. The molecule has 0 bridgehead atoms. The van der Waals surface area contributed by atoms with E-state index in [1.165, 1.54) is 24.0 Å². The molecule has 2 amide bonds. The number of rotatable bonds is 3. The van der Waals surface area contributed by atoms with Gasteiger partial charge in [0.05, 0.1) is 0 Å². The average molecular weight is 260 g/mol. The van der Waals surface area contributed by atoms with Gasteiger partial charge in [0.2, 0.25) is 0 Å². The summed E-state index contributed by atoms with van der Waals surface area (Å²) in [6, 6.07) is 8.57. The van der Waals surface area contributed by atoms with Crippen LogP contribution in [0.5, 0.6) is 0 Å². The van der Waals surface area contributed by atoms with Crippen LogP contribution in [0, 0.1) is 6.92 Å². The van der Waals surface area contributed by atoms with Gasteiger partial charge in [-0.15, -0.1) is 0 Å². The molecule has 1 heterocycles. The van der Waals surface area contributed by atoms with Crippen LogP contribution in [-0.2, 0) is 6.42 Å². The van der Waals surface area contributed by atoms with Crippen molar-refractivity contribution in [3.05, 3.63) is 35.4 Å². The maximum atomic E-state index is 12.0. The van der Waals surface area contributed by atoms with Gasteiger partial charge in [-0.2, -0.15) is 0 Å². The fraction of sp³-hybridized carbons (Fsp3) is 0.562. The first-order valence-electron chi connectivity index (χ1n) is 7.34. The van der Waals surface area contributed by atoms with Gasteiger partial charge in [0.25, 0.3) is 0 Å². The van der Waals surface area contributed by atoms with Gasteiger partial charge in [0.1, 0.15) is 0 Å². The molecule has 1 fully saturated rings. The quantitative estimate of drug-likeness (QED) is 0.889. The molecule has 19 heavy (non-hydrogen) atoms. The molecule has 0 atom stereocenters. The van der Waals surface area contributed by atoms with E-state index in [0.717, 1.165) is 38.9 Å². The molecule has 0 unspecified atom stereocenters. The van der Waals surface area contributed by atoms with Crippen LogP contribution in [0.25, 0.3) is 0 Å². The van der Waals surface area contributed by atoms with Crippen molar-refractivity contribution < 1.29 is 4.79 Å². The first-order chi connectivity index (χ1) is 9.25. The van der Waals surface area contributed by atoms with Gasteiger partial charge in [0.15, 0.2) is 0 Å². The van der Waals surface area contributed by atoms with Crippen molar-refractivity contribution in [2.75, 3.05) is 19.6 Å². The first kappa shape index (κ1) is 13.9. The topological polar surface area (TPSA) is 32.3 Å². The number of carbonyl (C=O) groups excluding carboxylic acids is 1. The van der Waals surface area contributed by atoms with E-state index in [4.69, 9.17) is 0 Å². The third kappa shape index (κ3) is 4.58. The fourth-order valence-corrected chi connectivity index (χ4v) is 2.57. The summed E-state index contributed by atoms with van der Waals surface area (Å²) >= 11 is 0. The number of hydrogen-bond donors (Lipinski definition) is 1. The Labute approximate surface area is 116 Å². The molecule has 0 saturated carbocycles. The molecule has 3 nitrogen and oxygen atoms in total. The number of aryl methyl sites for hydroxylation is 1. The number of benzene rings is 1. The van der Waals surface area contributed by atoms with E-state index in [1.807, 2.05) is 4.90 Å². The standard InChI is InChI=1S/C16H24N2O/c1-14-7-6-8-15(13-14)9-10-17-16(19)18-11-4-2-3-5-12-18/h6-8,13H,2-5,9-12H2,1H3,(H,17,19). The fourth-order valence-electron chi connectivity index (χ4n) is 2.57. The van der Waals surface area contributed by atoms with E-state index < -0.39 is 0 Å². The maximum Gasteiger partial charge on any atom is 0.317 e. The Kier molecular flexibility index (Phi) is 5.25. The summed E-state index contributed by atoms with van der Waals surface area (Å²) in [5.41, 5.74) is 2.56. The number of urea groups is 1. The minimum atomic E-state index is 0.106. The van der Waals surface area contributed by atoms with Crippen LogP contribution < -0.4 is 5.32 Å². The Balaban J connectivity index is 1.74. The summed E-state index contributed by atoms with van der Waals surface area (Å²) in [5, 5.41) is 3.04. The maximum absolute atomic E-state index is 12.0. The second kappa shape index (κ2) is 7.17. The van der Waals surface area contributed by atoms with E-state index in [0.29, 0.717) is 0 Å². The van der Waals surface area contributed by atoms with Gasteiger partial charge in [-0.05, 0) is 31.7 Å². The van der Waals surface area contributed by atoms with Gasteiger partial charge < -0.3 is 10.2 Å². The molecule has 104 valence electrons. The zero-order valence-corrected chi connectivity index (χ0v) is 11.8. The van der Waals surface area contributed by atoms with Crippen molar-refractivity contribution >= 4 is 6.03 Å². The second-order valence-corrected chi connectivity index (χ2v) is 5.37. The average Bonchev–Trinajstić information content (AvgIpc) is 2.67. The van der Waals surface area contributed by atoms with Crippen LogP contribution in [0.15, 0.2) is 24.3 Å². The van der Waals surface area contributed by atoms with Gasteiger partial charge in [-0.1, -0.05) is 42.7 Å². The lowest BCUT2D eigenvalue weighted by Gasteiger charge is -2.20. The van der Waals surface area contributed by atoms with E-state index in [-0.39, 0.29) is 6.03 Å². The zero-order valence-electron chi connectivity index (χ0n) is 11.8. The van der Waals surface area contributed by atoms with Crippen molar-refractivity contribution in [3.8, 4) is 0 Å². The summed E-state index contributed by atoms with van der Waals surface area (Å²) in [4.78, 5) is 14.0. The summed E-state index contributed by atoms with van der Waals surface area (Å²) in [6.07, 6.45) is 5.71. The number of carbonyl (C=O) groups is 1. The minimum absolute atomic E-state index is 0.106. The highest BCUT2D eigenvalue weighted by molar-refractivity contribution is 5.74. The highest BCUT2D eigenvalue weighted by atomic mass is 16.2. The summed E-state index contributed by atoms with van der Waals surface area (Å²) in [7, 11) is 0. The summed E-state index contributed by atoms with van der Waals surface area (Å²) in [5.74, 6) is 0. The first-order valence-corrected chi connectivity index (χ1v) is 7.34. The van der Waals surface area contributed by atoms with E-state index in [1.54, 1.807) is 0 Å².